The van der Waals surface area contributed by atoms with Crippen molar-refractivity contribution in [2.24, 2.45) is 0 Å². The number of alkyl carbamates (subject to hydrolysis) is 1. The second-order valence-corrected chi connectivity index (χ2v) is 9.75. The van der Waals surface area contributed by atoms with Crippen LogP contribution in [-0.4, -0.2) is 26.0 Å². The van der Waals surface area contributed by atoms with E-state index in [9.17, 15) is 8.63 Å². The van der Waals surface area contributed by atoms with E-state index in [4.69, 9.17) is 4.74 Å². The van der Waals surface area contributed by atoms with E-state index in [0.29, 0.717) is 0 Å². The molecule has 0 radical (unpaired) electrons. The van der Waals surface area contributed by atoms with Gasteiger partial charge in [0.1, 0.15) is 0 Å². The van der Waals surface area contributed by atoms with Crippen LogP contribution in [-0.2, 0) is 15.2 Å². The molecule has 1 N–H and O–H groups in total. The topological polar surface area (TPSA) is 55.4 Å². The molecule has 1 unspecified atom stereocenters. The monoisotopic (exact) mass is 405 g/mol. The normalized spacial score (nSPS) is 21.3. The molecule has 1 fully saturated rings. The van der Waals surface area contributed by atoms with Crippen LogP contribution in [0.4, 0.5) is 4.79 Å². The van der Waals surface area contributed by atoms with Crippen LogP contribution in [0.15, 0.2) is 60.7 Å². The molecular weight excluding hydrogens is 381 g/mol. The van der Waals surface area contributed by atoms with Crippen molar-refractivity contribution in [3.8, 4) is 0 Å². The second kappa shape index (κ2) is 8.93. The molecule has 0 heterocycles. The van der Waals surface area contributed by atoms with E-state index in [1.165, 1.54) is 0 Å². The molecule has 25 heavy (non-hydrogen) atoms. The molecule has 4 nitrogen and oxygen atoms in total. The predicted molar refractivity (Wildman–Crippen MR) is 98.3 cm³/mol. The van der Waals surface area contributed by atoms with Gasteiger partial charge >= 0.3 is 152 Å². The summed E-state index contributed by atoms with van der Waals surface area (Å²) in [6.07, 6.45) is 3.45. The number of hydrogen-bond acceptors (Lipinski definition) is 3. The fraction of sp³-hybridized carbons (Fsp3) is 0.350. The standard InChI is InChI=1S/C20H23NO3Se/c22-20(24-15-16-9-3-1-4-10-16)21-18-13-7-8-14-19(18)25(23)17-11-5-2-6-12-17/h1-6,9-12,18-19H,7-8,13-15H2,(H,21,22)/t18-,19-,25?/m0/s1. The first-order valence-electron chi connectivity index (χ1n) is 8.67. The molecule has 5 heteroatoms. The van der Waals surface area contributed by atoms with Crippen molar-refractivity contribution in [2.75, 3.05) is 0 Å². The van der Waals surface area contributed by atoms with E-state index in [1.54, 1.807) is 0 Å². The Balaban J connectivity index is 1.59. The molecule has 0 aromatic heterocycles. The number of amides is 1. The van der Waals surface area contributed by atoms with Crippen molar-refractivity contribution < 1.29 is 13.4 Å². The molecule has 132 valence electrons. The number of benzene rings is 2. The Bertz CT molecular complexity index is 705. The molecule has 0 spiro atoms. The number of rotatable bonds is 5. The van der Waals surface area contributed by atoms with Crippen LogP contribution in [0.2, 0.25) is 4.82 Å². The van der Waals surface area contributed by atoms with Crippen LogP contribution in [0.3, 0.4) is 0 Å². The molecule has 0 aliphatic heterocycles. The van der Waals surface area contributed by atoms with Crippen molar-refractivity contribution >= 4 is 24.4 Å². The zero-order valence-corrected chi connectivity index (χ0v) is 15.8. The Labute approximate surface area is 152 Å². The number of nitrogens with one attached hydrogen (secondary N) is 1. The molecule has 1 saturated carbocycles. The van der Waals surface area contributed by atoms with Crippen molar-refractivity contribution in [3.63, 3.8) is 0 Å². The molecule has 1 aliphatic rings. The van der Waals surface area contributed by atoms with Gasteiger partial charge in [0.2, 0.25) is 0 Å². The number of hydrogen-bond donors (Lipinski definition) is 1. The van der Waals surface area contributed by atoms with Gasteiger partial charge in [0.15, 0.2) is 0 Å². The Kier molecular flexibility index (Phi) is 6.37. The van der Waals surface area contributed by atoms with Gasteiger partial charge in [0, 0.05) is 0 Å². The molecule has 2 aromatic carbocycles. The Morgan fingerprint density at radius 2 is 1.64 bits per heavy atom. The maximum absolute atomic E-state index is 13.0. The first-order valence-corrected chi connectivity index (χ1v) is 11.2. The average Bonchev–Trinajstić information content (AvgIpc) is 2.68. The Hall–Kier alpha value is -1.97. The predicted octanol–water partition coefficient (Wildman–Crippen LogP) is 3.55. The molecule has 3 atom stereocenters. The van der Waals surface area contributed by atoms with E-state index in [2.05, 4.69) is 5.32 Å². The third-order valence-corrected chi connectivity index (χ3v) is 8.35. The summed E-state index contributed by atoms with van der Waals surface area (Å²) < 4.78 is 19.2. The summed E-state index contributed by atoms with van der Waals surface area (Å²) in [5.74, 6) is 0. The van der Waals surface area contributed by atoms with Gasteiger partial charge in [0.05, 0.1) is 0 Å². The maximum atomic E-state index is 13.0. The minimum atomic E-state index is -2.20. The third-order valence-electron chi connectivity index (χ3n) is 4.47. The van der Waals surface area contributed by atoms with E-state index in [1.807, 2.05) is 60.7 Å². The second-order valence-electron chi connectivity index (χ2n) is 6.25. The van der Waals surface area contributed by atoms with Gasteiger partial charge in [-0.25, -0.2) is 0 Å². The number of carbonyl (C=O) groups excluding carboxylic acids is 1. The summed E-state index contributed by atoms with van der Waals surface area (Å²) in [6.45, 7) is 0.250. The van der Waals surface area contributed by atoms with E-state index >= 15 is 0 Å². The van der Waals surface area contributed by atoms with E-state index < -0.39 is 19.9 Å². The number of ether oxygens (including phenoxy) is 1. The summed E-state index contributed by atoms with van der Waals surface area (Å²) in [4.78, 5) is 12.2. The van der Waals surface area contributed by atoms with E-state index in [-0.39, 0.29) is 17.5 Å². The molecule has 3 rings (SSSR count). The van der Waals surface area contributed by atoms with Gasteiger partial charge in [-0.15, -0.1) is 0 Å². The molecule has 1 aliphatic carbocycles. The first-order chi connectivity index (χ1) is 12.2. The quantitative estimate of drug-likeness (QED) is 0.776. The van der Waals surface area contributed by atoms with Crippen LogP contribution in [0, 0.1) is 0 Å². The fourth-order valence-electron chi connectivity index (χ4n) is 3.16. The average molecular weight is 404 g/mol. The Morgan fingerprint density at radius 1 is 1.00 bits per heavy atom. The van der Waals surface area contributed by atoms with Gasteiger partial charge in [-0.3, -0.25) is 0 Å². The third kappa shape index (κ3) is 5.00. The SMILES string of the molecule is O=C(N[C@H]1CCCC[C@@H]1[Se](=O)c1ccccc1)OCc1ccccc1. The molecular formula is C20H23NO3Se. The summed E-state index contributed by atoms with van der Waals surface area (Å²) >= 11 is -2.20. The van der Waals surface area contributed by atoms with Crippen LogP contribution in [0.25, 0.3) is 0 Å². The first kappa shape index (κ1) is 17.8. The molecule has 1 amide bonds. The van der Waals surface area contributed by atoms with Crippen LogP contribution < -0.4 is 9.78 Å². The van der Waals surface area contributed by atoms with Gasteiger partial charge < -0.3 is 0 Å². The van der Waals surface area contributed by atoms with Crippen molar-refractivity contribution in [3.05, 3.63) is 66.2 Å². The van der Waals surface area contributed by atoms with Crippen LogP contribution >= 0.6 is 0 Å². The van der Waals surface area contributed by atoms with Crippen molar-refractivity contribution in [1.82, 2.24) is 5.32 Å². The molecule has 0 saturated heterocycles. The van der Waals surface area contributed by atoms with Crippen molar-refractivity contribution in [1.29, 1.82) is 0 Å². The van der Waals surface area contributed by atoms with Crippen LogP contribution in [0.1, 0.15) is 31.2 Å². The molecule has 0 bridgehead atoms. The summed E-state index contributed by atoms with van der Waals surface area (Å²) in [5.41, 5.74) is 0.956. The summed E-state index contributed by atoms with van der Waals surface area (Å²) in [5, 5.41) is 2.96. The number of carbonyl (C=O) groups is 1. The fourth-order valence-corrected chi connectivity index (χ4v) is 6.64. The minimum absolute atomic E-state index is 0.0282. The summed E-state index contributed by atoms with van der Waals surface area (Å²) in [6, 6.07) is 19.2. The van der Waals surface area contributed by atoms with E-state index in [0.717, 1.165) is 35.7 Å². The van der Waals surface area contributed by atoms with Crippen LogP contribution in [0.5, 0.6) is 0 Å². The van der Waals surface area contributed by atoms with Crippen molar-refractivity contribution in [2.45, 2.75) is 43.1 Å². The molecule has 2 aromatic rings. The Morgan fingerprint density at radius 3 is 2.36 bits per heavy atom. The van der Waals surface area contributed by atoms with Gasteiger partial charge in [-0.2, -0.15) is 0 Å². The zero-order valence-electron chi connectivity index (χ0n) is 14.1. The zero-order chi connectivity index (χ0) is 17.5. The van der Waals surface area contributed by atoms with Gasteiger partial charge in [-0.05, 0) is 0 Å². The van der Waals surface area contributed by atoms with Gasteiger partial charge in [0.25, 0.3) is 0 Å². The summed E-state index contributed by atoms with van der Waals surface area (Å²) in [7, 11) is 0. The van der Waals surface area contributed by atoms with Gasteiger partial charge in [-0.1, -0.05) is 0 Å².